The van der Waals surface area contributed by atoms with Crippen LogP contribution < -0.4 is 5.32 Å². The van der Waals surface area contributed by atoms with Crippen LogP contribution in [0.1, 0.15) is 40.0 Å². The van der Waals surface area contributed by atoms with Gasteiger partial charge in [-0.2, -0.15) is 0 Å². The summed E-state index contributed by atoms with van der Waals surface area (Å²) < 4.78 is 11.9. The van der Waals surface area contributed by atoms with Crippen molar-refractivity contribution in [2.24, 2.45) is 11.3 Å². The Morgan fingerprint density at radius 2 is 1.89 bits per heavy atom. The highest BCUT2D eigenvalue weighted by Crippen LogP contribution is 2.49. The molecule has 19 heavy (non-hydrogen) atoms. The van der Waals surface area contributed by atoms with Crippen LogP contribution in [-0.2, 0) is 20.4 Å². The van der Waals surface area contributed by atoms with Gasteiger partial charge in [-0.3, -0.25) is 13.8 Å². The lowest BCUT2D eigenvalue weighted by molar-refractivity contribution is -0.138. The number of carboxylic acid groups (broad SMARTS) is 1. The Hall–Kier alpha value is -0.910. The van der Waals surface area contributed by atoms with Gasteiger partial charge in [0, 0.05) is 22.6 Å². The molecule has 2 atom stereocenters. The molecule has 2 unspecified atom stereocenters. The van der Waals surface area contributed by atoms with E-state index in [9.17, 15) is 13.8 Å². The van der Waals surface area contributed by atoms with E-state index in [1.165, 1.54) is 0 Å². The molecule has 1 aliphatic rings. The Kier molecular flexibility index (Phi) is 5.52. The predicted octanol–water partition coefficient (Wildman–Crippen LogP) is 1.15. The summed E-state index contributed by atoms with van der Waals surface area (Å²) in [5.74, 6) is -0.446. The molecule has 1 rings (SSSR count). The van der Waals surface area contributed by atoms with Gasteiger partial charge in [-0.05, 0) is 31.1 Å². The monoisotopic (exact) mass is 289 g/mol. The van der Waals surface area contributed by atoms with Gasteiger partial charge in [-0.25, -0.2) is 0 Å². The molecule has 0 radical (unpaired) electrons. The molecule has 1 saturated carbocycles. The van der Waals surface area contributed by atoms with Crippen molar-refractivity contribution >= 4 is 22.7 Å². The Balaban J connectivity index is 2.35. The minimum absolute atomic E-state index is 0.0293. The van der Waals surface area contributed by atoms with Crippen LogP contribution in [0, 0.1) is 11.3 Å². The third-order valence-electron chi connectivity index (χ3n) is 3.63. The van der Waals surface area contributed by atoms with E-state index >= 15 is 0 Å². The number of rotatable bonds is 8. The highest BCUT2D eigenvalue weighted by Gasteiger charge is 2.45. The largest absolute Gasteiger partial charge is 0.481 e. The van der Waals surface area contributed by atoms with Crippen molar-refractivity contribution in [1.82, 2.24) is 5.32 Å². The van der Waals surface area contributed by atoms with Gasteiger partial charge in [0.05, 0.1) is 6.42 Å². The number of carboxylic acids is 1. The van der Waals surface area contributed by atoms with E-state index in [1.807, 2.05) is 20.8 Å². The molecule has 0 saturated heterocycles. The fourth-order valence-electron chi connectivity index (χ4n) is 1.87. The zero-order valence-electron chi connectivity index (χ0n) is 11.8. The van der Waals surface area contributed by atoms with E-state index in [1.54, 1.807) is 0 Å². The van der Waals surface area contributed by atoms with Gasteiger partial charge in [-0.1, -0.05) is 13.8 Å². The summed E-state index contributed by atoms with van der Waals surface area (Å²) in [5.41, 5.74) is -0.319. The highest BCUT2D eigenvalue weighted by atomic mass is 32.2. The second kappa shape index (κ2) is 6.50. The molecule has 0 aromatic heterocycles. The molecular formula is C13H23NO4S. The van der Waals surface area contributed by atoms with Gasteiger partial charge in [-0.15, -0.1) is 0 Å². The van der Waals surface area contributed by atoms with Crippen LogP contribution in [0.2, 0.25) is 0 Å². The van der Waals surface area contributed by atoms with Crippen molar-refractivity contribution in [3.63, 3.8) is 0 Å². The van der Waals surface area contributed by atoms with Gasteiger partial charge in [0.2, 0.25) is 5.91 Å². The Morgan fingerprint density at radius 3 is 2.32 bits per heavy atom. The Morgan fingerprint density at radius 1 is 1.32 bits per heavy atom. The molecular weight excluding hydrogens is 266 g/mol. The van der Waals surface area contributed by atoms with Gasteiger partial charge in [0.15, 0.2) is 0 Å². The van der Waals surface area contributed by atoms with E-state index in [2.05, 4.69) is 5.32 Å². The van der Waals surface area contributed by atoms with E-state index in [0.717, 1.165) is 12.8 Å². The first kappa shape index (κ1) is 16.1. The summed E-state index contributed by atoms with van der Waals surface area (Å²) in [6, 6.07) is 0.0541. The van der Waals surface area contributed by atoms with Crippen molar-refractivity contribution in [2.75, 3.05) is 11.5 Å². The van der Waals surface area contributed by atoms with Crippen molar-refractivity contribution < 1.29 is 18.9 Å². The van der Waals surface area contributed by atoms with Gasteiger partial charge >= 0.3 is 5.97 Å². The number of hydrogen-bond acceptors (Lipinski definition) is 3. The summed E-state index contributed by atoms with van der Waals surface area (Å²) in [4.78, 5) is 22.4. The van der Waals surface area contributed by atoms with Crippen LogP contribution in [0.25, 0.3) is 0 Å². The lowest BCUT2D eigenvalue weighted by Gasteiger charge is -2.18. The molecule has 1 fully saturated rings. The maximum atomic E-state index is 11.9. The number of amides is 1. The smallest absolute Gasteiger partial charge is 0.303 e. The molecule has 0 aliphatic heterocycles. The fourth-order valence-corrected chi connectivity index (χ4v) is 3.42. The maximum Gasteiger partial charge on any atom is 0.303 e. The maximum absolute atomic E-state index is 11.9. The van der Waals surface area contributed by atoms with Crippen molar-refractivity contribution in [3.05, 3.63) is 0 Å². The number of aliphatic carboxylic acids is 1. The summed E-state index contributed by atoms with van der Waals surface area (Å²) in [5, 5.41) is 11.6. The minimum Gasteiger partial charge on any atom is -0.481 e. The van der Waals surface area contributed by atoms with Crippen LogP contribution in [0.3, 0.4) is 0 Å². The Bertz CT molecular complexity index is 377. The molecule has 0 aromatic rings. The lowest BCUT2D eigenvalue weighted by atomic mass is 10.1. The summed E-state index contributed by atoms with van der Waals surface area (Å²) >= 11 is 0. The second-order valence-electron chi connectivity index (χ2n) is 5.90. The van der Waals surface area contributed by atoms with Gasteiger partial charge < -0.3 is 10.4 Å². The molecule has 0 bridgehead atoms. The lowest BCUT2D eigenvalue weighted by Crippen LogP contribution is -2.39. The van der Waals surface area contributed by atoms with Crippen molar-refractivity contribution in [3.8, 4) is 0 Å². The topological polar surface area (TPSA) is 83.5 Å². The molecule has 6 heteroatoms. The third kappa shape index (κ3) is 5.72. The molecule has 110 valence electrons. The molecule has 0 spiro atoms. The van der Waals surface area contributed by atoms with Crippen LogP contribution in [-0.4, -0.2) is 38.7 Å². The standard InChI is InChI=1S/C13H23NO4S/c1-9(2)10(3)14-11(15)7-19(18)8-13(4-5-13)6-12(16)17/h9-10H,4-8H2,1-3H3,(H,14,15)(H,16,17). The van der Waals surface area contributed by atoms with Crippen LogP contribution >= 0.6 is 0 Å². The number of nitrogens with one attached hydrogen (secondary N) is 1. The first-order valence-corrected chi connectivity index (χ1v) is 8.09. The minimum atomic E-state index is -1.28. The van der Waals surface area contributed by atoms with Crippen LogP contribution in [0.4, 0.5) is 0 Å². The van der Waals surface area contributed by atoms with Crippen molar-refractivity contribution in [1.29, 1.82) is 0 Å². The summed E-state index contributed by atoms with van der Waals surface area (Å²) in [6.07, 6.45) is 1.66. The number of carbonyl (C=O) groups is 2. The zero-order chi connectivity index (χ0) is 14.6. The molecule has 1 amide bonds. The number of carbonyl (C=O) groups excluding carboxylic acids is 1. The first-order valence-electron chi connectivity index (χ1n) is 6.60. The van der Waals surface area contributed by atoms with E-state index in [0.29, 0.717) is 11.7 Å². The van der Waals surface area contributed by atoms with Gasteiger partial charge in [0.25, 0.3) is 0 Å². The molecule has 5 nitrogen and oxygen atoms in total. The van der Waals surface area contributed by atoms with Crippen LogP contribution in [0.5, 0.6) is 0 Å². The van der Waals surface area contributed by atoms with Crippen LogP contribution in [0.15, 0.2) is 0 Å². The van der Waals surface area contributed by atoms with Crippen molar-refractivity contribution in [2.45, 2.75) is 46.1 Å². The highest BCUT2D eigenvalue weighted by molar-refractivity contribution is 7.85. The molecule has 2 N–H and O–H groups in total. The summed E-state index contributed by atoms with van der Waals surface area (Å²) in [6.45, 7) is 5.93. The molecule has 0 aromatic carbocycles. The SMILES string of the molecule is CC(C)C(C)NC(=O)CS(=O)CC1(CC(=O)O)CC1. The average molecular weight is 289 g/mol. The molecule has 0 heterocycles. The predicted molar refractivity (Wildman–Crippen MR) is 74.2 cm³/mol. The number of hydrogen-bond donors (Lipinski definition) is 2. The molecule has 1 aliphatic carbocycles. The quantitative estimate of drug-likeness (QED) is 0.702. The third-order valence-corrected chi connectivity index (χ3v) is 5.15. The van der Waals surface area contributed by atoms with E-state index < -0.39 is 16.8 Å². The van der Waals surface area contributed by atoms with E-state index in [4.69, 9.17) is 5.11 Å². The fraction of sp³-hybridized carbons (Fsp3) is 0.846. The first-order chi connectivity index (χ1) is 8.74. The average Bonchev–Trinajstić information content (AvgIpc) is 2.94. The van der Waals surface area contributed by atoms with Gasteiger partial charge in [0.1, 0.15) is 5.75 Å². The second-order valence-corrected chi connectivity index (χ2v) is 7.36. The summed E-state index contributed by atoms with van der Waals surface area (Å²) in [7, 11) is -1.28. The van der Waals surface area contributed by atoms with E-state index in [-0.39, 0.29) is 29.5 Å². The normalized spacial score (nSPS) is 19.8. The zero-order valence-corrected chi connectivity index (χ0v) is 12.6. The Labute approximate surface area is 116 Å².